The van der Waals surface area contributed by atoms with Crippen LogP contribution in [0, 0.1) is 23.7 Å². The van der Waals surface area contributed by atoms with Crippen LogP contribution in [0.25, 0.3) is 11.6 Å². The number of halogens is 3. The summed E-state index contributed by atoms with van der Waals surface area (Å²) in [5.74, 6) is 3.02. The summed E-state index contributed by atoms with van der Waals surface area (Å²) >= 11 is 15.3. The third-order valence-electron chi connectivity index (χ3n) is 2.93. The number of rotatable bonds is 4. The van der Waals surface area contributed by atoms with Crippen LogP contribution in [-0.2, 0) is 0 Å². The van der Waals surface area contributed by atoms with Crippen LogP contribution < -0.4 is 4.74 Å². The average molecular weight is 407 g/mol. The lowest BCUT2D eigenvalue weighted by atomic mass is 10.0. The van der Waals surface area contributed by atoms with Gasteiger partial charge in [0.1, 0.15) is 12.4 Å². The summed E-state index contributed by atoms with van der Waals surface area (Å²) in [4.78, 5) is 0. The molecule has 114 valence electrons. The Hall–Kier alpha value is -1.91. The minimum absolute atomic E-state index is 0.150. The van der Waals surface area contributed by atoms with E-state index >= 15 is 0 Å². The summed E-state index contributed by atoms with van der Waals surface area (Å²) in [6, 6.07) is 12.7. The Labute approximate surface area is 153 Å². The maximum Gasteiger partial charge on any atom is 0.148 e. The fourth-order valence-electron chi connectivity index (χ4n) is 1.88. The van der Waals surface area contributed by atoms with Crippen molar-refractivity contribution in [3.63, 3.8) is 0 Å². The van der Waals surface area contributed by atoms with Crippen molar-refractivity contribution in [1.29, 1.82) is 5.26 Å². The van der Waals surface area contributed by atoms with Crippen molar-refractivity contribution in [3.05, 3.63) is 62.0 Å². The van der Waals surface area contributed by atoms with Gasteiger partial charge in [0.2, 0.25) is 0 Å². The van der Waals surface area contributed by atoms with Crippen molar-refractivity contribution >= 4 is 50.8 Å². The largest absolute Gasteiger partial charge is 0.480 e. The Morgan fingerprint density at radius 3 is 2.65 bits per heavy atom. The Morgan fingerprint density at radius 1 is 1.22 bits per heavy atom. The molecule has 0 aliphatic rings. The van der Waals surface area contributed by atoms with Gasteiger partial charge in [-0.3, -0.25) is 0 Å². The first-order valence-electron chi connectivity index (χ1n) is 6.48. The second-order valence-electron chi connectivity index (χ2n) is 4.47. The minimum atomic E-state index is 0.150. The molecule has 0 aliphatic heterocycles. The molecule has 2 aromatic carbocycles. The number of ether oxygens (including phenoxy) is 1. The maximum atomic E-state index is 9.46. The van der Waals surface area contributed by atoms with Gasteiger partial charge < -0.3 is 4.74 Å². The molecule has 23 heavy (non-hydrogen) atoms. The zero-order chi connectivity index (χ0) is 16.8. The molecule has 0 aromatic heterocycles. The number of allylic oxidation sites excluding steroid dienone is 1. The van der Waals surface area contributed by atoms with E-state index in [1.165, 1.54) is 0 Å². The molecule has 2 nitrogen and oxygen atoms in total. The van der Waals surface area contributed by atoms with E-state index < -0.39 is 0 Å². The van der Waals surface area contributed by atoms with Crippen molar-refractivity contribution < 1.29 is 4.74 Å². The van der Waals surface area contributed by atoms with Gasteiger partial charge in [-0.1, -0.05) is 51.1 Å². The Balaban J connectivity index is 2.49. The van der Waals surface area contributed by atoms with Crippen LogP contribution in [0.3, 0.4) is 0 Å². The second kappa shape index (κ2) is 8.09. The molecule has 0 bridgehead atoms. The van der Waals surface area contributed by atoms with Crippen molar-refractivity contribution in [3.8, 4) is 24.2 Å². The summed E-state index contributed by atoms with van der Waals surface area (Å²) in [6.07, 6.45) is 6.94. The van der Waals surface area contributed by atoms with E-state index in [1.807, 2.05) is 12.1 Å². The highest BCUT2D eigenvalue weighted by molar-refractivity contribution is 9.10. The van der Waals surface area contributed by atoms with Crippen molar-refractivity contribution in [2.75, 3.05) is 6.61 Å². The number of nitrogens with zero attached hydrogens (tertiary/aromatic N) is 1. The summed E-state index contributed by atoms with van der Waals surface area (Å²) in [6.45, 7) is 0.150. The molecule has 2 aromatic rings. The number of terminal acetylenes is 1. The number of benzene rings is 2. The highest BCUT2D eigenvalue weighted by Gasteiger charge is 2.08. The SMILES string of the molecule is C#CCOc1ccc(Br)cc1/C=C(/C#N)c1ccc(Cl)c(Cl)c1. The van der Waals surface area contributed by atoms with Crippen LogP contribution in [0.4, 0.5) is 0 Å². The smallest absolute Gasteiger partial charge is 0.148 e. The number of hydrogen-bond acceptors (Lipinski definition) is 2. The number of hydrogen-bond donors (Lipinski definition) is 0. The molecule has 0 aliphatic carbocycles. The van der Waals surface area contributed by atoms with Gasteiger partial charge in [0.15, 0.2) is 0 Å². The van der Waals surface area contributed by atoms with Gasteiger partial charge in [-0.25, -0.2) is 0 Å². The lowest BCUT2D eigenvalue weighted by molar-refractivity contribution is 0.369. The van der Waals surface area contributed by atoms with E-state index in [9.17, 15) is 5.26 Å². The topological polar surface area (TPSA) is 33.0 Å². The molecule has 5 heteroatoms. The van der Waals surface area contributed by atoms with Crippen LogP contribution in [0.15, 0.2) is 40.9 Å². The third-order valence-corrected chi connectivity index (χ3v) is 4.17. The van der Waals surface area contributed by atoms with E-state index in [0.29, 0.717) is 26.9 Å². The van der Waals surface area contributed by atoms with Crippen LogP contribution in [-0.4, -0.2) is 6.61 Å². The Morgan fingerprint density at radius 2 is 2.00 bits per heavy atom. The molecule has 0 amide bonds. The summed E-state index contributed by atoms with van der Waals surface area (Å²) in [5, 5.41) is 10.3. The van der Waals surface area contributed by atoms with E-state index in [0.717, 1.165) is 10.0 Å². The van der Waals surface area contributed by atoms with Crippen molar-refractivity contribution in [1.82, 2.24) is 0 Å². The molecule has 2 rings (SSSR count). The molecule has 0 saturated heterocycles. The van der Waals surface area contributed by atoms with Gasteiger partial charge in [0.25, 0.3) is 0 Å². The second-order valence-corrected chi connectivity index (χ2v) is 6.20. The molecule has 0 saturated carbocycles. The third kappa shape index (κ3) is 4.53. The van der Waals surface area contributed by atoms with Crippen molar-refractivity contribution in [2.24, 2.45) is 0 Å². The standard InChI is InChI=1S/C18H10BrCl2NO/c1-2-7-23-18-6-4-15(19)9-13(18)8-14(11-22)12-3-5-16(20)17(21)10-12/h1,3-6,8-10H,7H2/b14-8-. The molecule has 0 unspecified atom stereocenters. The minimum Gasteiger partial charge on any atom is -0.480 e. The first-order chi connectivity index (χ1) is 11.0. The fourth-order valence-corrected chi connectivity index (χ4v) is 2.56. The Bertz CT molecular complexity index is 847. The maximum absolute atomic E-state index is 9.46. The lowest BCUT2D eigenvalue weighted by Crippen LogP contribution is -1.96. The van der Waals surface area contributed by atoms with Gasteiger partial charge in [0, 0.05) is 10.0 Å². The van der Waals surface area contributed by atoms with Gasteiger partial charge in [0.05, 0.1) is 21.7 Å². The van der Waals surface area contributed by atoms with Gasteiger partial charge in [-0.15, -0.1) is 6.42 Å². The quantitative estimate of drug-likeness (QED) is 0.363. The molecule has 0 radical (unpaired) electrons. The lowest BCUT2D eigenvalue weighted by Gasteiger charge is -2.08. The fraction of sp³-hybridized carbons (Fsp3) is 0.0556. The van der Waals surface area contributed by atoms with Crippen molar-refractivity contribution in [2.45, 2.75) is 0 Å². The molecular weight excluding hydrogens is 397 g/mol. The van der Waals surface area contributed by atoms with E-state index in [-0.39, 0.29) is 6.61 Å². The summed E-state index contributed by atoms with van der Waals surface area (Å²) < 4.78 is 6.37. The molecule has 0 atom stereocenters. The van der Waals surface area contributed by atoms with Gasteiger partial charge in [-0.2, -0.15) is 5.26 Å². The highest BCUT2D eigenvalue weighted by atomic mass is 79.9. The number of nitriles is 1. The zero-order valence-electron chi connectivity index (χ0n) is 11.8. The van der Waals surface area contributed by atoms with Crippen LogP contribution in [0.2, 0.25) is 10.0 Å². The van der Waals surface area contributed by atoms with E-state index in [4.69, 9.17) is 34.4 Å². The van der Waals surface area contributed by atoms with E-state index in [2.05, 4.69) is 27.9 Å². The van der Waals surface area contributed by atoms with Crippen LogP contribution in [0.5, 0.6) is 5.75 Å². The van der Waals surface area contributed by atoms with Gasteiger partial charge >= 0.3 is 0 Å². The monoisotopic (exact) mass is 405 g/mol. The molecule has 0 spiro atoms. The normalized spacial score (nSPS) is 10.7. The average Bonchev–Trinajstić information content (AvgIpc) is 2.54. The molecular formula is C18H10BrCl2NO. The van der Waals surface area contributed by atoms with Crippen LogP contribution in [0.1, 0.15) is 11.1 Å². The molecule has 0 N–H and O–H groups in total. The Kier molecular flexibility index (Phi) is 6.13. The summed E-state index contributed by atoms with van der Waals surface area (Å²) in [5.41, 5.74) is 1.84. The predicted molar refractivity (Wildman–Crippen MR) is 98.4 cm³/mol. The first-order valence-corrected chi connectivity index (χ1v) is 8.03. The predicted octanol–water partition coefficient (Wildman–Crippen LogP) is 5.83. The van der Waals surface area contributed by atoms with E-state index in [1.54, 1.807) is 30.3 Å². The molecule has 0 fully saturated rings. The van der Waals surface area contributed by atoms with Crippen LogP contribution >= 0.6 is 39.1 Å². The highest BCUT2D eigenvalue weighted by Crippen LogP contribution is 2.30. The van der Waals surface area contributed by atoms with Gasteiger partial charge in [-0.05, 0) is 42.0 Å². The zero-order valence-corrected chi connectivity index (χ0v) is 14.9. The molecule has 0 heterocycles. The summed E-state index contributed by atoms with van der Waals surface area (Å²) in [7, 11) is 0. The first kappa shape index (κ1) is 17.4.